The van der Waals surface area contributed by atoms with Crippen LogP contribution in [0, 0.1) is 5.41 Å². The van der Waals surface area contributed by atoms with Gasteiger partial charge in [-0.1, -0.05) is 13.8 Å². The Morgan fingerprint density at radius 1 is 1.56 bits per heavy atom. The number of rotatable bonds is 1. The Bertz CT molecular complexity index is 155. The number of hydrogen-bond donors (Lipinski definition) is 0. The second kappa shape index (κ2) is 1.20. The fourth-order valence-electron chi connectivity index (χ4n) is 2.21. The van der Waals surface area contributed by atoms with Crippen molar-refractivity contribution in [1.29, 1.82) is 0 Å². The molecule has 0 radical (unpaired) electrons. The predicted octanol–water partition coefficient (Wildman–Crippen LogP) is 1.96. The van der Waals surface area contributed by atoms with Gasteiger partial charge in [0, 0.05) is 5.41 Å². The lowest BCUT2D eigenvalue weighted by atomic mass is 9.90. The van der Waals surface area contributed by atoms with E-state index in [0.717, 1.165) is 0 Å². The van der Waals surface area contributed by atoms with Gasteiger partial charge < -0.3 is 4.74 Å². The average molecular weight is 126 g/mol. The zero-order valence-electron chi connectivity index (χ0n) is 6.40. The predicted molar refractivity (Wildman–Crippen MR) is 36.3 cm³/mol. The minimum atomic E-state index is 0.299. The van der Waals surface area contributed by atoms with Gasteiger partial charge in [0.1, 0.15) is 0 Å². The van der Waals surface area contributed by atoms with Crippen molar-refractivity contribution in [1.82, 2.24) is 0 Å². The lowest BCUT2D eigenvalue weighted by Crippen LogP contribution is -2.44. The molecule has 1 heterocycles. The van der Waals surface area contributed by atoms with Gasteiger partial charge in [0.15, 0.2) is 0 Å². The van der Waals surface area contributed by atoms with E-state index in [4.69, 9.17) is 4.74 Å². The molecule has 0 bridgehead atoms. The van der Waals surface area contributed by atoms with Gasteiger partial charge in [-0.15, -0.1) is 0 Å². The van der Waals surface area contributed by atoms with E-state index in [1.54, 1.807) is 0 Å². The van der Waals surface area contributed by atoms with E-state index < -0.39 is 0 Å². The molecule has 1 aliphatic carbocycles. The summed E-state index contributed by atoms with van der Waals surface area (Å²) in [6.07, 6.45) is 3.05. The van der Waals surface area contributed by atoms with Crippen molar-refractivity contribution in [3.63, 3.8) is 0 Å². The molecule has 2 fully saturated rings. The van der Waals surface area contributed by atoms with Crippen LogP contribution >= 0.6 is 0 Å². The van der Waals surface area contributed by atoms with Crippen molar-refractivity contribution in [2.24, 2.45) is 5.41 Å². The molecule has 9 heavy (non-hydrogen) atoms. The SMILES string of the molecule is CCC1OC2(C)CC12C. The Morgan fingerprint density at radius 2 is 2.22 bits per heavy atom. The highest BCUT2D eigenvalue weighted by Crippen LogP contribution is 2.70. The lowest BCUT2D eigenvalue weighted by molar-refractivity contribution is -0.168. The maximum atomic E-state index is 5.65. The van der Waals surface area contributed by atoms with E-state index >= 15 is 0 Å². The van der Waals surface area contributed by atoms with Gasteiger partial charge in [-0.2, -0.15) is 0 Å². The van der Waals surface area contributed by atoms with Crippen LogP contribution in [0.3, 0.4) is 0 Å². The molecule has 2 rings (SSSR count). The number of ether oxygens (including phenoxy) is 1. The summed E-state index contributed by atoms with van der Waals surface area (Å²) in [5.74, 6) is 0. The first-order valence-electron chi connectivity index (χ1n) is 3.80. The van der Waals surface area contributed by atoms with Gasteiger partial charge in [0.05, 0.1) is 11.7 Å². The van der Waals surface area contributed by atoms with Gasteiger partial charge in [0.25, 0.3) is 0 Å². The number of fused-ring (bicyclic) bond motifs is 1. The zero-order chi connectivity index (χ0) is 6.70. The molecule has 0 aromatic rings. The maximum Gasteiger partial charge on any atom is 0.0744 e. The van der Waals surface area contributed by atoms with Crippen LogP contribution in [0.1, 0.15) is 33.6 Å². The Balaban J connectivity index is 2.10. The topological polar surface area (TPSA) is 9.23 Å². The molecular formula is C8H14O. The van der Waals surface area contributed by atoms with Crippen LogP contribution in [0.5, 0.6) is 0 Å². The fourth-order valence-corrected chi connectivity index (χ4v) is 2.21. The normalized spacial score (nSPS) is 62.3. The first-order chi connectivity index (χ1) is 4.12. The van der Waals surface area contributed by atoms with Crippen molar-refractivity contribution in [3.8, 4) is 0 Å². The van der Waals surface area contributed by atoms with E-state index in [1.165, 1.54) is 12.8 Å². The standard InChI is InChI=1S/C8H14O/c1-4-6-7(2)5-8(7,3)9-6/h6H,4-5H2,1-3H3. The van der Waals surface area contributed by atoms with Crippen LogP contribution in [0.4, 0.5) is 0 Å². The van der Waals surface area contributed by atoms with Crippen LogP contribution in [-0.4, -0.2) is 11.7 Å². The summed E-state index contributed by atoms with van der Waals surface area (Å²) >= 11 is 0. The molecule has 0 amide bonds. The third-order valence-corrected chi connectivity index (χ3v) is 3.27. The van der Waals surface area contributed by atoms with Crippen LogP contribution in [0.15, 0.2) is 0 Å². The molecule has 1 saturated carbocycles. The summed E-state index contributed by atoms with van der Waals surface area (Å²) in [4.78, 5) is 0. The fraction of sp³-hybridized carbons (Fsp3) is 1.00. The molecule has 2 aliphatic rings. The minimum Gasteiger partial charge on any atom is -0.371 e. The molecule has 0 aromatic heterocycles. The van der Waals surface area contributed by atoms with Crippen molar-refractivity contribution in [3.05, 3.63) is 0 Å². The van der Waals surface area contributed by atoms with Crippen molar-refractivity contribution in [2.45, 2.75) is 45.3 Å². The molecular weight excluding hydrogens is 112 g/mol. The van der Waals surface area contributed by atoms with Crippen molar-refractivity contribution >= 4 is 0 Å². The Hall–Kier alpha value is -0.0400. The third kappa shape index (κ3) is 0.420. The smallest absolute Gasteiger partial charge is 0.0744 e. The zero-order valence-corrected chi connectivity index (χ0v) is 6.40. The molecule has 0 aromatic carbocycles. The van der Waals surface area contributed by atoms with Gasteiger partial charge in [-0.3, -0.25) is 0 Å². The summed E-state index contributed by atoms with van der Waals surface area (Å²) in [5.41, 5.74) is 0.870. The Kier molecular flexibility index (Phi) is 0.760. The third-order valence-electron chi connectivity index (χ3n) is 3.27. The molecule has 3 unspecified atom stereocenters. The maximum absolute atomic E-state index is 5.65. The highest BCUT2D eigenvalue weighted by atomic mass is 16.6. The average Bonchev–Trinajstić information content (AvgIpc) is 2.18. The summed E-state index contributed by atoms with van der Waals surface area (Å²) < 4.78 is 5.65. The van der Waals surface area contributed by atoms with E-state index in [-0.39, 0.29) is 0 Å². The molecule has 1 nitrogen and oxygen atoms in total. The molecule has 3 atom stereocenters. The van der Waals surface area contributed by atoms with Crippen LogP contribution < -0.4 is 0 Å². The van der Waals surface area contributed by atoms with Gasteiger partial charge >= 0.3 is 0 Å². The van der Waals surface area contributed by atoms with E-state index in [2.05, 4.69) is 20.8 Å². The van der Waals surface area contributed by atoms with Gasteiger partial charge in [0.2, 0.25) is 0 Å². The highest BCUT2D eigenvalue weighted by molar-refractivity contribution is 5.23. The molecule has 1 saturated heterocycles. The summed E-state index contributed by atoms with van der Waals surface area (Å²) in [5, 5.41) is 0. The van der Waals surface area contributed by atoms with E-state index in [9.17, 15) is 0 Å². The second-order valence-corrected chi connectivity index (χ2v) is 3.84. The van der Waals surface area contributed by atoms with Gasteiger partial charge in [-0.25, -0.2) is 0 Å². The van der Waals surface area contributed by atoms with Crippen molar-refractivity contribution in [2.75, 3.05) is 0 Å². The minimum absolute atomic E-state index is 0.299. The van der Waals surface area contributed by atoms with E-state index in [0.29, 0.717) is 17.1 Å². The van der Waals surface area contributed by atoms with Crippen LogP contribution in [0.25, 0.3) is 0 Å². The highest BCUT2D eigenvalue weighted by Gasteiger charge is 2.75. The van der Waals surface area contributed by atoms with Gasteiger partial charge in [-0.05, 0) is 19.8 Å². The molecule has 0 N–H and O–H groups in total. The molecule has 1 aliphatic heterocycles. The summed E-state index contributed by atoms with van der Waals surface area (Å²) in [7, 11) is 0. The first-order valence-corrected chi connectivity index (χ1v) is 3.80. The second-order valence-electron chi connectivity index (χ2n) is 3.84. The lowest BCUT2D eigenvalue weighted by Gasteiger charge is -2.39. The van der Waals surface area contributed by atoms with Crippen molar-refractivity contribution < 1.29 is 4.74 Å². The van der Waals surface area contributed by atoms with Crippen LogP contribution in [-0.2, 0) is 4.74 Å². The quantitative estimate of drug-likeness (QED) is 0.522. The summed E-state index contributed by atoms with van der Waals surface area (Å²) in [6, 6.07) is 0. The van der Waals surface area contributed by atoms with E-state index in [1.807, 2.05) is 0 Å². The van der Waals surface area contributed by atoms with Crippen LogP contribution in [0.2, 0.25) is 0 Å². The monoisotopic (exact) mass is 126 g/mol. The largest absolute Gasteiger partial charge is 0.371 e. The Labute approximate surface area is 56.4 Å². The number of hydrogen-bond acceptors (Lipinski definition) is 1. The summed E-state index contributed by atoms with van der Waals surface area (Å²) in [6.45, 7) is 6.76. The molecule has 52 valence electrons. The molecule has 0 spiro atoms. The molecule has 1 heteroatoms. The Morgan fingerprint density at radius 3 is 2.33 bits per heavy atom. The first kappa shape index (κ1) is 5.72.